The summed E-state index contributed by atoms with van der Waals surface area (Å²) in [5.74, 6) is 0.897. The second kappa shape index (κ2) is 3.91. The maximum Gasteiger partial charge on any atom is 0.364 e. The highest BCUT2D eigenvalue weighted by Gasteiger charge is 2.16. The van der Waals surface area contributed by atoms with Crippen LogP contribution in [0, 0.1) is 0 Å². The maximum absolute atomic E-state index is 9.78. The molecule has 0 aliphatic rings. The van der Waals surface area contributed by atoms with Crippen molar-refractivity contribution in [2.45, 2.75) is 0 Å². The summed E-state index contributed by atoms with van der Waals surface area (Å²) in [6.07, 6.45) is 0. The van der Waals surface area contributed by atoms with Crippen molar-refractivity contribution in [3.63, 3.8) is 0 Å². The number of phenolic OH excluding ortho intramolecular Hbond substituents is 1. The molecule has 0 aliphatic carbocycles. The monoisotopic (exact) mass is 223 g/mol. The highest BCUT2D eigenvalue weighted by molar-refractivity contribution is 5.79. The number of aromatic hydroxyl groups is 1. The molecule has 0 spiro atoms. The van der Waals surface area contributed by atoms with E-state index in [1.54, 1.807) is 12.1 Å². The van der Waals surface area contributed by atoms with E-state index in [2.05, 4.69) is 0 Å². The highest BCUT2D eigenvalue weighted by atomic mass is 16.3. The van der Waals surface area contributed by atoms with Crippen molar-refractivity contribution in [1.82, 2.24) is 0 Å². The predicted octanol–water partition coefficient (Wildman–Crippen LogP) is 4.09. The van der Waals surface area contributed by atoms with E-state index in [0.717, 1.165) is 11.0 Å². The van der Waals surface area contributed by atoms with Crippen molar-refractivity contribution in [3.8, 4) is 17.1 Å². The molecule has 1 heterocycles. The lowest BCUT2D eigenvalue weighted by Gasteiger charge is -1.96. The number of phenols is 1. The van der Waals surface area contributed by atoms with Gasteiger partial charge in [-0.2, -0.15) is 0 Å². The number of rotatable bonds is 1. The predicted molar refractivity (Wildman–Crippen MR) is 67.7 cm³/mol. The Balaban J connectivity index is 2.22. The van der Waals surface area contributed by atoms with E-state index in [1.165, 1.54) is 0 Å². The van der Waals surface area contributed by atoms with Crippen LogP contribution in [-0.2, 0) is 0 Å². The van der Waals surface area contributed by atoms with Crippen LogP contribution in [0.1, 0.15) is 0 Å². The van der Waals surface area contributed by atoms with Gasteiger partial charge < -0.3 is 5.11 Å². The topological polar surface area (TPSA) is 31.5 Å². The van der Waals surface area contributed by atoms with Crippen LogP contribution in [0.2, 0.25) is 0 Å². The molecule has 3 rings (SSSR count). The average Bonchev–Trinajstić information content (AvgIpc) is 2.39. The molecule has 1 N–H and O–H groups in total. The molecule has 2 aromatic carbocycles. The van der Waals surface area contributed by atoms with E-state index in [-0.39, 0.29) is 5.75 Å². The minimum atomic E-state index is 0.228. The van der Waals surface area contributed by atoms with Gasteiger partial charge in [-0.05, 0) is 24.3 Å². The first-order valence-corrected chi connectivity index (χ1v) is 5.45. The van der Waals surface area contributed by atoms with Crippen LogP contribution < -0.4 is 0 Å². The third-order valence-electron chi connectivity index (χ3n) is 2.72. The molecule has 2 heteroatoms. The zero-order valence-corrected chi connectivity index (χ0v) is 9.13. The molecule has 0 amide bonds. The molecule has 82 valence electrons. The molecular weight excluding hydrogens is 212 g/mol. The first-order valence-electron chi connectivity index (χ1n) is 5.45. The third-order valence-corrected chi connectivity index (χ3v) is 2.72. The van der Waals surface area contributed by atoms with E-state index >= 15 is 0 Å². The molecule has 0 atom stereocenters. The summed E-state index contributed by atoms with van der Waals surface area (Å²) < 4.78 is 5.77. The zero-order valence-electron chi connectivity index (χ0n) is 9.13. The summed E-state index contributed by atoms with van der Waals surface area (Å²) in [6.45, 7) is 0. The van der Waals surface area contributed by atoms with Gasteiger partial charge in [0, 0.05) is 12.1 Å². The SMILES string of the molecule is Oc1ccccc1-c1ccc2ccccc2[o+]1. The van der Waals surface area contributed by atoms with Crippen LogP contribution in [0.3, 0.4) is 0 Å². The molecule has 0 saturated carbocycles. The van der Waals surface area contributed by atoms with E-state index in [1.807, 2.05) is 48.5 Å². The van der Waals surface area contributed by atoms with Gasteiger partial charge in [0.25, 0.3) is 0 Å². The molecule has 17 heavy (non-hydrogen) atoms. The Bertz CT molecular complexity index is 674. The second-order valence-electron chi connectivity index (χ2n) is 3.85. The number of fused-ring (bicyclic) bond motifs is 1. The Hall–Kier alpha value is -2.35. The molecular formula is C15H11O2+. The molecule has 1 aromatic heterocycles. The Morgan fingerprint density at radius 3 is 2.41 bits per heavy atom. The first kappa shape index (κ1) is 9.85. The van der Waals surface area contributed by atoms with Crippen molar-refractivity contribution in [2.24, 2.45) is 0 Å². The Kier molecular flexibility index (Phi) is 2.26. The van der Waals surface area contributed by atoms with Gasteiger partial charge in [0.2, 0.25) is 0 Å². The Morgan fingerprint density at radius 1 is 0.765 bits per heavy atom. The highest BCUT2D eigenvalue weighted by Crippen LogP contribution is 2.30. The lowest BCUT2D eigenvalue weighted by Crippen LogP contribution is -1.79. The molecule has 0 saturated heterocycles. The third kappa shape index (κ3) is 1.74. The fraction of sp³-hybridized carbons (Fsp3) is 0. The lowest BCUT2D eigenvalue weighted by molar-refractivity contribution is 0.474. The van der Waals surface area contributed by atoms with E-state index in [0.29, 0.717) is 11.3 Å². The summed E-state index contributed by atoms with van der Waals surface area (Å²) in [6, 6.07) is 18.8. The summed E-state index contributed by atoms with van der Waals surface area (Å²) in [5, 5.41) is 10.8. The van der Waals surface area contributed by atoms with Crippen LogP contribution in [0.25, 0.3) is 22.3 Å². The summed E-state index contributed by atoms with van der Waals surface area (Å²) in [5.41, 5.74) is 1.52. The van der Waals surface area contributed by atoms with Crippen LogP contribution in [0.15, 0.2) is 65.1 Å². The van der Waals surface area contributed by atoms with E-state index in [4.69, 9.17) is 4.42 Å². The fourth-order valence-corrected chi connectivity index (χ4v) is 1.86. The molecule has 3 aromatic rings. The van der Waals surface area contributed by atoms with Crippen LogP contribution >= 0.6 is 0 Å². The summed E-state index contributed by atoms with van der Waals surface area (Å²) in [4.78, 5) is 0. The minimum absolute atomic E-state index is 0.228. The van der Waals surface area contributed by atoms with Gasteiger partial charge in [0.1, 0.15) is 11.3 Å². The Labute approximate surface area is 98.8 Å². The van der Waals surface area contributed by atoms with Crippen molar-refractivity contribution in [3.05, 3.63) is 60.7 Å². The summed E-state index contributed by atoms with van der Waals surface area (Å²) >= 11 is 0. The van der Waals surface area contributed by atoms with Gasteiger partial charge in [-0.15, -0.1) is 0 Å². The van der Waals surface area contributed by atoms with Crippen molar-refractivity contribution in [1.29, 1.82) is 0 Å². The van der Waals surface area contributed by atoms with Gasteiger partial charge in [-0.3, -0.25) is 0 Å². The molecule has 0 aliphatic heterocycles. The van der Waals surface area contributed by atoms with E-state index in [9.17, 15) is 5.11 Å². The second-order valence-corrected chi connectivity index (χ2v) is 3.85. The van der Waals surface area contributed by atoms with Crippen LogP contribution in [-0.4, -0.2) is 5.11 Å². The molecule has 0 unspecified atom stereocenters. The number of hydrogen-bond acceptors (Lipinski definition) is 1. The van der Waals surface area contributed by atoms with Crippen molar-refractivity contribution < 1.29 is 9.52 Å². The van der Waals surface area contributed by atoms with Gasteiger partial charge in [0.05, 0.1) is 5.39 Å². The summed E-state index contributed by atoms with van der Waals surface area (Å²) in [7, 11) is 0. The van der Waals surface area contributed by atoms with Gasteiger partial charge in [0.15, 0.2) is 0 Å². The van der Waals surface area contributed by atoms with E-state index < -0.39 is 0 Å². The van der Waals surface area contributed by atoms with Gasteiger partial charge in [-0.1, -0.05) is 24.3 Å². The standard InChI is InChI=1S/C15H10O2/c16-13-7-3-2-6-12(13)15-10-9-11-5-1-4-8-14(11)17-15/h1-10H/p+1. The van der Waals surface area contributed by atoms with Crippen LogP contribution in [0.4, 0.5) is 0 Å². The first-order chi connectivity index (χ1) is 8.34. The fourth-order valence-electron chi connectivity index (χ4n) is 1.86. The van der Waals surface area contributed by atoms with Crippen LogP contribution in [0.5, 0.6) is 5.75 Å². The quantitative estimate of drug-likeness (QED) is 0.630. The molecule has 2 nitrogen and oxygen atoms in total. The molecule has 0 bridgehead atoms. The lowest BCUT2D eigenvalue weighted by atomic mass is 10.1. The number of benzene rings is 2. The van der Waals surface area contributed by atoms with Gasteiger partial charge in [-0.25, -0.2) is 4.42 Å². The normalized spacial score (nSPS) is 10.6. The smallest absolute Gasteiger partial charge is 0.364 e. The molecule has 0 radical (unpaired) electrons. The minimum Gasteiger partial charge on any atom is -0.507 e. The number of hydrogen-bond donors (Lipinski definition) is 1. The average molecular weight is 223 g/mol. The zero-order chi connectivity index (χ0) is 11.7. The van der Waals surface area contributed by atoms with Crippen molar-refractivity contribution >= 4 is 11.0 Å². The maximum atomic E-state index is 9.78. The number of para-hydroxylation sites is 2. The van der Waals surface area contributed by atoms with Gasteiger partial charge >= 0.3 is 11.3 Å². The Morgan fingerprint density at radius 2 is 1.53 bits per heavy atom. The molecule has 0 fully saturated rings. The largest absolute Gasteiger partial charge is 0.507 e. The van der Waals surface area contributed by atoms with Crippen molar-refractivity contribution in [2.75, 3.05) is 0 Å².